The number of carbonyl (C=O) groups is 1. The number of rotatable bonds is 5. The van der Waals surface area contributed by atoms with Crippen molar-refractivity contribution in [1.29, 1.82) is 0 Å². The van der Waals surface area contributed by atoms with Gasteiger partial charge in [0.15, 0.2) is 0 Å². The highest BCUT2D eigenvalue weighted by atomic mass is 16.4. The van der Waals surface area contributed by atoms with Crippen LogP contribution in [0.3, 0.4) is 0 Å². The monoisotopic (exact) mass is 249 g/mol. The van der Waals surface area contributed by atoms with Crippen LogP contribution in [-0.4, -0.2) is 17.6 Å². The van der Waals surface area contributed by atoms with E-state index in [1.807, 2.05) is 30.3 Å². The van der Waals surface area contributed by atoms with Crippen LogP contribution in [0.2, 0.25) is 0 Å². The fourth-order valence-corrected chi connectivity index (χ4v) is 1.59. The Kier molecular flexibility index (Phi) is 4.91. The van der Waals surface area contributed by atoms with Crippen molar-refractivity contribution in [2.45, 2.75) is 33.7 Å². The molecule has 1 aromatic carbocycles. The molecule has 1 rings (SSSR count). The van der Waals surface area contributed by atoms with E-state index < -0.39 is 12.0 Å². The highest BCUT2D eigenvalue weighted by molar-refractivity contribution is 5.75. The van der Waals surface area contributed by atoms with Crippen molar-refractivity contribution in [3.8, 4) is 0 Å². The number of carboxylic acid groups (broad SMARTS) is 1. The van der Waals surface area contributed by atoms with Gasteiger partial charge in [-0.15, -0.1) is 0 Å². The van der Waals surface area contributed by atoms with Gasteiger partial charge in [-0.3, -0.25) is 4.79 Å². The van der Waals surface area contributed by atoms with E-state index in [2.05, 4.69) is 33.0 Å². The lowest BCUT2D eigenvalue weighted by Crippen LogP contribution is -2.35. The molecule has 0 radical (unpaired) electrons. The maximum atomic E-state index is 11.3. The average Bonchev–Trinajstić information content (AvgIpc) is 2.28. The van der Waals surface area contributed by atoms with E-state index in [9.17, 15) is 9.90 Å². The second-order valence-corrected chi connectivity index (χ2v) is 5.86. The topological polar surface area (TPSA) is 49.3 Å². The van der Waals surface area contributed by atoms with Gasteiger partial charge in [-0.25, -0.2) is 0 Å². The largest absolute Gasteiger partial charge is 0.480 e. The fourth-order valence-electron chi connectivity index (χ4n) is 1.59. The average molecular weight is 249 g/mol. The molecular weight excluding hydrogens is 226 g/mol. The first-order valence-corrected chi connectivity index (χ1v) is 6.33. The molecule has 0 bridgehead atoms. The minimum atomic E-state index is -0.831. The fraction of sp³-hybridized carbons (Fsp3) is 0.533. The molecule has 0 aliphatic rings. The standard InChI is InChI=1S/C15H23NO2/c1-11(15(2,3)4)10-16-13(14(17)18)12-8-6-5-7-9-12/h5-9,11,13,16H,10H2,1-4H3,(H,17,18). The predicted molar refractivity (Wildman–Crippen MR) is 73.4 cm³/mol. The van der Waals surface area contributed by atoms with E-state index >= 15 is 0 Å². The molecule has 18 heavy (non-hydrogen) atoms. The molecule has 3 nitrogen and oxygen atoms in total. The van der Waals surface area contributed by atoms with Crippen molar-refractivity contribution in [3.05, 3.63) is 35.9 Å². The summed E-state index contributed by atoms with van der Waals surface area (Å²) in [5.74, 6) is -0.426. The lowest BCUT2D eigenvalue weighted by atomic mass is 9.82. The van der Waals surface area contributed by atoms with Crippen LogP contribution < -0.4 is 5.32 Å². The molecule has 0 saturated heterocycles. The van der Waals surface area contributed by atoms with Gasteiger partial charge < -0.3 is 10.4 Å². The summed E-state index contributed by atoms with van der Waals surface area (Å²) < 4.78 is 0. The number of carboxylic acids is 1. The third-order valence-corrected chi connectivity index (χ3v) is 3.49. The Bertz CT molecular complexity index is 381. The SMILES string of the molecule is CC(CNC(C(=O)O)c1ccccc1)C(C)(C)C. The first-order valence-electron chi connectivity index (χ1n) is 6.33. The second-order valence-electron chi connectivity index (χ2n) is 5.86. The van der Waals surface area contributed by atoms with E-state index in [1.165, 1.54) is 0 Å². The molecular formula is C15H23NO2. The first-order chi connectivity index (χ1) is 8.32. The Morgan fingerprint density at radius 3 is 2.28 bits per heavy atom. The van der Waals surface area contributed by atoms with Crippen LogP contribution in [0.5, 0.6) is 0 Å². The zero-order chi connectivity index (χ0) is 13.8. The van der Waals surface area contributed by atoms with Gasteiger partial charge >= 0.3 is 5.97 Å². The minimum Gasteiger partial charge on any atom is -0.480 e. The third kappa shape index (κ3) is 4.15. The molecule has 2 atom stereocenters. The Hall–Kier alpha value is -1.35. The van der Waals surface area contributed by atoms with Crippen LogP contribution in [-0.2, 0) is 4.79 Å². The number of hydrogen-bond acceptors (Lipinski definition) is 2. The molecule has 0 saturated carbocycles. The van der Waals surface area contributed by atoms with Crippen LogP contribution in [0.15, 0.2) is 30.3 Å². The van der Waals surface area contributed by atoms with Crippen LogP contribution in [0, 0.1) is 11.3 Å². The normalized spacial score (nSPS) is 15.1. The first kappa shape index (κ1) is 14.7. The Morgan fingerprint density at radius 1 is 1.28 bits per heavy atom. The van der Waals surface area contributed by atoms with Crippen molar-refractivity contribution in [1.82, 2.24) is 5.32 Å². The molecule has 0 aliphatic heterocycles. The van der Waals surface area contributed by atoms with Crippen LogP contribution in [0.4, 0.5) is 0 Å². The van der Waals surface area contributed by atoms with Crippen molar-refractivity contribution in [3.63, 3.8) is 0 Å². The van der Waals surface area contributed by atoms with Gasteiger partial charge in [-0.05, 0) is 23.4 Å². The molecule has 0 amide bonds. The van der Waals surface area contributed by atoms with Crippen LogP contribution in [0.1, 0.15) is 39.3 Å². The lowest BCUT2D eigenvalue weighted by molar-refractivity contribution is -0.139. The van der Waals surface area contributed by atoms with Gasteiger partial charge in [0.1, 0.15) is 6.04 Å². The van der Waals surface area contributed by atoms with Gasteiger partial charge in [0.05, 0.1) is 0 Å². The molecule has 0 aliphatic carbocycles. The zero-order valence-corrected chi connectivity index (χ0v) is 11.6. The summed E-state index contributed by atoms with van der Waals surface area (Å²) in [7, 11) is 0. The van der Waals surface area contributed by atoms with Gasteiger partial charge in [0.25, 0.3) is 0 Å². The molecule has 0 spiro atoms. The minimum absolute atomic E-state index is 0.173. The Balaban J connectivity index is 2.69. The number of benzene rings is 1. The summed E-state index contributed by atoms with van der Waals surface area (Å²) in [6.07, 6.45) is 0. The van der Waals surface area contributed by atoms with Gasteiger partial charge in [-0.1, -0.05) is 58.0 Å². The maximum absolute atomic E-state index is 11.3. The summed E-state index contributed by atoms with van der Waals surface area (Å²) in [5, 5.41) is 12.4. The summed E-state index contributed by atoms with van der Waals surface area (Å²) in [6.45, 7) is 9.32. The molecule has 2 N–H and O–H groups in total. The molecule has 100 valence electrons. The van der Waals surface area contributed by atoms with Crippen LogP contribution >= 0.6 is 0 Å². The third-order valence-electron chi connectivity index (χ3n) is 3.49. The molecule has 0 aromatic heterocycles. The van der Waals surface area contributed by atoms with E-state index in [0.717, 1.165) is 5.56 Å². The van der Waals surface area contributed by atoms with Gasteiger partial charge in [0.2, 0.25) is 0 Å². The molecule has 0 heterocycles. The Morgan fingerprint density at radius 2 is 1.83 bits per heavy atom. The van der Waals surface area contributed by atoms with Crippen molar-refractivity contribution in [2.24, 2.45) is 11.3 Å². The van der Waals surface area contributed by atoms with E-state index in [4.69, 9.17) is 0 Å². The Labute approximate surface area is 109 Å². The smallest absolute Gasteiger partial charge is 0.325 e. The summed E-state index contributed by atoms with van der Waals surface area (Å²) in [4.78, 5) is 11.3. The summed E-state index contributed by atoms with van der Waals surface area (Å²) in [6, 6.07) is 8.66. The lowest BCUT2D eigenvalue weighted by Gasteiger charge is -2.28. The van der Waals surface area contributed by atoms with Crippen molar-refractivity contribution < 1.29 is 9.90 Å². The quantitative estimate of drug-likeness (QED) is 0.843. The van der Waals surface area contributed by atoms with Gasteiger partial charge in [-0.2, -0.15) is 0 Å². The second kappa shape index (κ2) is 6.01. The van der Waals surface area contributed by atoms with E-state index in [0.29, 0.717) is 12.5 Å². The van der Waals surface area contributed by atoms with E-state index in [-0.39, 0.29) is 5.41 Å². The predicted octanol–water partition coefficient (Wildman–Crippen LogP) is 3.08. The number of nitrogens with one attached hydrogen (secondary N) is 1. The highest BCUT2D eigenvalue weighted by Gasteiger charge is 2.24. The van der Waals surface area contributed by atoms with Crippen molar-refractivity contribution in [2.75, 3.05) is 6.54 Å². The number of aliphatic carboxylic acids is 1. The number of hydrogen-bond donors (Lipinski definition) is 2. The maximum Gasteiger partial charge on any atom is 0.325 e. The molecule has 3 heteroatoms. The molecule has 0 fully saturated rings. The highest BCUT2D eigenvalue weighted by Crippen LogP contribution is 2.25. The summed E-state index contributed by atoms with van der Waals surface area (Å²) >= 11 is 0. The molecule has 2 unspecified atom stereocenters. The van der Waals surface area contributed by atoms with Gasteiger partial charge in [0, 0.05) is 0 Å². The zero-order valence-electron chi connectivity index (χ0n) is 11.6. The molecule has 1 aromatic rings. The van der Waals surface area contributed by atoms with Crippen LogP contribution in [0.25, 0.3) is 0 Å². The summed E-state index contributed by atoms with van der Waals surface area (Å²) in [5.41, 5.74) is 0.971. The van der Waals surface area contributed by atoms with E-state index in [1.54, 1.807) is 0 Å². The van der Waals surface area contributed by atoms with Crippen molar-refractivity contribution >= 4 is 5.97 Å².